The summed E-state index contributed by atoms with van der Waals surface area (Å²) in [6, 6.07) is 1.85. The highest BCUT2D eigenvalue weighted by Gasteiger charge is 2.28. The maximum absolute atomic E-state index is 12.5. The first-order valence-electron chi connectivity index (χ1n) is 9.02. The Hall–Kier alpha value is -2.29. The number of piperidine rings is 1. The van der Waals surface area contributed by atoms with Crippen molar-refractivity contribution in [1.82, 2.24) is 19.7 Å². The molecule has 0 atom stereocenters. The fourth-order valence-electron chi connectivity index (χ4n) is 3.13. The fraction of sp³-hybridized carbons (Fsp3) is 0.556. The van der Waals surface area contributed by atoms with E-state index in [1.165, 1.54) is 11.8 Å². The van der Waals surface area contributed by atoms with Gasteiger partial charge < -0.3 is 18.6 Å². The SMILES string of the molecule is CCOC(=O)C1CCN(C(=O)CSc2nnc(-c3ccoc3C)n2C)CC1. The zero-order valence-corrected chi connectivity index (χ0v) is 16.6. The lowest BCUT2D eigenvalue weighted by molar-refractivity contribution is -0.151. The van der Waals surface area contributed by atoms with Crippen molar-refractivity contribution in [3.05, 3.63) is 18.1 Å². The minimum atomic E-state index is -0.153. The van der Waals surface area contributed by atoms with E-state index in [4.69, 9.17) is 9.15 Å². The predicted molar refractivity (Wildman–Crippen MR) is 100 cm³/mol. The molecule has 1 aliphatic rings. The standard InChI is InChI=1S/C18H24N4O4S/c1-4-25-17(24)13-5-8-22(9-6-13)15(23)11-27-18-20-19-16(21(18)3)14-7-10-26-12(14)2/h7,10,13H,4-6,8-9,11H2,1-3H3. The van der Waals surface area contributed by atoms with Crippen LogP contribution in [0.5, 0.6) is 0 Å². The van der Waals surface area contributed by atoms with Crippen molar-refractivity contribution >= 4 is 23.6 Å². The summed E-state index contributed by atoms with van der Waals surface area (Å²) in [6.45, 7) is 5.24. The van der Waals surface area contributed by atoms with E-state index in [1.807, 2.05) is 24.6 Å². The van der Waals surface area contributed by atoms with Gasteiger partial charge in [-0.05, 0) is 32.8 Å². The van der Waals surface area contributed by atoms with Gasteiger partial charge in [0.05, 0.1) is 30.1 Å². The van der Waals surface area contributed by atoms with E-state index in [0.717, 1.165) is 11.3 Å². The predicted octanol–water partition coefficient (Wildman–Crippen LogP) is 2.28. The van der Waals surface area contributed by atoms with Gasteiger partial charge in [0.1, 0.15) is 5.76 Å². The lowest BCUT2D eigenvalue weighted by Gasteiger charge is -2.30. The highest BCUT2D eigenvalue weighted by atomic mass is 32.2. The van der Waals surface area contributed by atoms with Crippen LogP contribution in [0.4, 0.5) is 0 Å². The largest absolute Gasteiger partial charge is 0.469 e. The molecule has 146 valence electrons. The van der Waals surface area contributed by atoms with Crippen LogP contribution in [0.25, 0.3) is 11.4 Å². The molecule has 0 spiro atoms. The van der Waals surface area contributed by atoms with Crippen molar-refractivity contribution in [3.63, 3.8) is 0 Å². The highest BCUT2D eigenvalue weighted by molar-refractivity contribution is 7.99. The number of aryl methyl sites for hydroxylation is 1. The van der Waals surface area contributed by atoms with Crippen LogP contribution in [0.3, 0.4) is 0 Å². The lowest BCUT2D eigenvalue weighted by atomic mass is 9.97. The Bertz CT molecular complexity index is 808. The molecular formula is C18H24N4O4S. The van der Waals surface area contributed by atoms with E-state index >= 15 is 0 Å². The number of thioether (sulfide) groups is 1. The summed E-state index contributed by atoms with van der Waals surface area (Å²) in [5.74, 6) is 1.59. The molecule has 1 fully saturated rings. The van der Waals surface area contributed by atoms with Gasteiger partial charge >= 0.3 is 5.97 Å². The van der Waals surface area contributed by atoms with Gasteiger partial charge in [0.2, 0.25) is 5.91 Å². The third kappa shape index (κ3) is 4.35. The first-order valence-corrected chi connectivity index (χ1v) is 10.0. The molecule has 3 rings (SSSR count). The van der Waals surface area contributed by atoms with E-state index in [-0.39, 0.29) is 17.8 Å². The fourth-order valence-corrected chi connectivity index (χ4v) is 3.95. The number of carbonyl (C=O) groups is 2. The summed E-state index contributed by atoms with van der Waals surface area (Å²) in [7, 11) is 1.87. The van der Waals surface area contributed by atoms with Crippen molar-refractivity contribution in [2.75, 3.05) is 25.4 Å². The molecule has 0 unspecified atom stereocenters. The van der Waals surface area contributed by atoms with Gasteiger partial charge in [-0.1, -0.05) is 11.8 Å². The third-order valence-electron chi connectivity index (χ3n) is 4.73. The molecule has 0 radical (unpaired) electrons. The molecule has 27 heavy (non-hydrogen) atoms. The van der Waals surface area contributed by atoms with Crippen LogP contribution in [0.1, 0.15) is 25.5 Å². The van der Waals surface area contributed by atoms with Crippen LogP contribution in [0.15, 0.2) is 21.9 Å². The Morgan fingerprint density at radius 3 is 2.70 bits per heavy atom. The normalized spacial score (nSPS) is 15.1. The second-order valence-electron chi connectivity index (χ2n) is 6.45. The maximum atomic E-state index is 12.5. The zero-order chi connectivity index (χ0) is 19.4. The molecule has 0 bridgehead atoms. The quantitative estimate of drug-likeness (QED) is 0.550. The van der Waals surface area contributed by atoms with Gasteiger partial charge in [-0.15, -0.1) is 10.2 Å². The molecule has 1 aliphatic heterocycles. The minimum Gasteiger partial charge on any atom is -0.469 e. The van der Waals surface area contributed by atoms with Gasteiger partial charge in [0.25, 0.3) is 0 Å². The number of esters is 1. The molecule has 0 N–H and O–H groups in total. The average molecular weight is 392 g/mol. The molecule has 0 aliphatic carbocycles. The van der Waals surface area contributed by atoms with Gasteiger partial charge in [-0.2, -0.15) is 0 Å². The summed E-state index contributed by atoms with van der Waals surface area (Å²) >= 11 is 1.36. The number of rotatable bonds is 6. The van der Waals surface area contributed by atoms with Crippen molar-refractivity contribution in [2.24, 2.45) is 13.0 Å². The Kier molecular flexibility index (Phi) is 6.20. The zero-order valence-electron chi connectivity index (χ0n) is 15.8. The van der Waals surface area contributed by atoms with Crippen molar-refractivity contribution in [1.29, 1.82) is 0 Å². The number of hydrogen-bond donors (Lipinski definition) is 0. The third-order valence-corrected chi connectivity index (χ3v) is 5.73. The Morgan fingerprint density at radius 1 is 1.33 bits per heavy atom. The molecule has 8 nitrogen and oxygen atoms in total. The van der Waals surface area contributed by atoms with Gasteiger partial charge in [-0.25, -0.2) is 0 Å². The molecule has 1 amide bonds. The molecule has 1 saturated heterocycles. The van der Waals surface area contributed by atoms with Gasteiger partial charge in [0.15, 0.2) is 11.0 Å². The molecule has 3 heterocycles. The second kappa shape index (κ2) is 8.60. The molecule has 2 aromatic rings. The van der Waals surface area contributed by atoms with Crippen LogP contribution in [0, 0.1) is 12.8 Å². The number of aromatic nitrogens is 3. The summed E-state index contributed by atoms with van der Waals surface area (Å²) in [6.07, 6.45) is 2.93. The van der Waals surface area contributed by atoms with Crippen LogP contribution >= 0.6 is 11.8 Å². The van der Waals surface area contributed by atoms with Crippen LogP contribution < -0.4 is 0 Å². The van der Waals surface area contributed by atoms with E-state index in [9.17, 15) is 9.59 Å². The van der Waals surface area contributed by atoms with Crippen molar-refractivity contribution in [3.8, 4) is 11.4 Å². The summed E-state index contributed by atoms with van der Waals surface area (Å²) in [5, 5.41) is 9.08. The highest BCUT2D eigenvalue weighted by Crippen LogP contribution is 2.26. The van der Waals surface area contributed by atoms with Crippen molar-refractivity contribution in [2.45, 2.75) is 31.8 Å². The summed E-state index contributed by atoms with van der Waals surface area (Å²) < 4.78 is 12.2. The number of nitrogens with zero attached hydrogens (tertiary/aromatic N) is 4. The van der Waals surface area contributed by atoms with Crippen LogP contribution in [-0.2, 0) is 21.4 Å². The monoisotopic (exact) mass is 392 g/mol. The Morgan fingerprint density at radius 2 is 2.07 bits per heavy atom. The molecule has 0 saturated carbocycles. The number of amides is 1. The van der Waals surface area contributed by atoms with E-state index in [0.29, 0.717) is 49.3 Å². The molecule has 2 aromatic heterocycles. The number of ether oxygens (including phenoxy) is 1. The van der Waals surface area contributed by atoms with E-state index < -0.39 is 0 Å². The van der Waals surface area contributed by atoms with Crippen LogP contribution in [0.2, 0.25) is 0 Å². The first-order chi connectivity index (χ1) is 13.0. The first kappa shape index (κ1) is 19.5. The number of carbonyl (C=O) groups excluding carboxylic acids is 2. The molecular weight excluding hydrogens is 368 g/mol. The second-order valence-corrected chi connectivity index (χ2v) is 7.39. The lowest BCUT2D eigenvalue weighted by Crippen LogP contribution is -2.41. The van der Waals surface area contributed by atoms with Gasteiger partial charge in [-0.3, -0.25) is 9.59 Å². The van der Waals surface area contributed by atoms with E-state index in [1.54, 1.807) is 18.1 Å². The Labute approximate surface area is 162 Å². The topological polar surface area (TPSA) is 90.5 Å². The van der Waals surface area contributed by atoms with Crippen LogP contribution in [-0.4, -0.2) is 57.0 Å². The number of likely N-dealkylation sites (tertiary alicyclic amines) is 1. The molecule has 0 aromatic carbocycles. The van der Waals surface area contributed by atoms with Crippen molar-refractivity contribution < 1.29 is 18.7 Å². The molecule has 9 heteroatoms. The van der Waals surface area contributed by atoms with Gasteiger partial charge in [0, 0.05) is 20.1 Å². The minimum absolute atomic E-state index is 0.0475. The van der Waals surface area contributed by atoms with E-state index in [2.05, 4.69) is 10.2 Å². The number of furan rings is 1. The average Bonchev–Trinajstić information content (AvgIpc) is 3.25. The number of hydrogen-bond acceptors (Lipinski definition) is 7. The maximum Gasteiger partial charge on any atom is 0.309 e. The summed E-state index contributed by atoms with van der Waals surface area (Å²) in [5.41, 5.74) is 0.893. The Balaban J connectivity index is 1.53. The smallest absolute Gasteiger partial charge is 0.309 e. The summed E-state index contributed by atoms with van der Waals surface area (Å²) in [4.78, 5) is 26.1.